The third-order valence-corrected chi connectivity index (χ3v) is 2.14. The van der Waals surface area contributed by atoms with Crippen LogP contribution in [0, 0.1) is 12.8 Å². The lowest BCUT2D eigenvalue weighted by Crippen LogP contribution is -2.30. The van der Waals surface area contributed by atoms with Crippen LogP contribution in [0.25, 0.3) is 0 Å². The van der Waals surface area contributed by atoms with E-state index < -0.39 is 6.04 Å². The van der Waals surface area contributed by atoms with Crippen molar-refractivity contribution in [2.45, 2.75) is 33.2 Å². The van der Waals surface area contributed by atoms with E-state index in [1.165, 1.54) is 12.6 Å². The summed E-state index contributed by atoms with van der Waals surface area (Å²) in [4.78, 5) is 21.9. The molecule has 0 aliphatic heterocycles. The fourth-order valence-corrected chi connectivity index (χ4v) is 1.26. The summed E-state index contributed by atoms with van der Waals surface area (Å²) in [6.07, 6.45) is 0.678. The molecule has 120 valence electrons. The Hall–Kier alpha value is -1.85. The maximum absolute atomic E-state index is 10.7. The van der Waals surface area contributed by atoms with Crippen molar-refractivity contribution in [3.05, 3.63) is 35.9 Å². The topological polar surface area (TPSA) is 98.5 Å². The normalized spacial score (nSPS) is 9.67. The molecule has 1 amide bonds. The number of aryl methyl sites for hydroxylation is 1. The maximum atomic E-state index is 10.7. The van der Waals surface area contributed by atoms with Gasteiger partial charge in [-0.05, 0) is 33.0 Å². The number of hydrogen-bond donors (Lipinski definition) is 2. The van der Waals surface area contributed by atoms with Gasteiger partial charge in [0.05, 0.1) is 6.04 Å². The molecule has 1 unspecified atom stereocenters. The van der Waals surface area contributed by atoms with Gasteiger partial charge >= 0.3 is 0 Å². The van der Waals surface area contributed by atoms with Gasteiger partial charge < -0.3 is 16.3 Å². The summed E-state index contributed by atoms with van der Waals surface area (Å²) in [6, 6.07) is 9.80. The molecule has 0 aliphatic carbocycles. The predicted molar refractivity (Wildman–Crippen MR) is 90.4 cm³/mol. The number of nitrogens with zero attached hydrogens (tertiary/aromatic N) is 1. The summed E-state index contributed by atoms with van der Waals surface area (Å²) in [5, 5.41) is 0. The standard InChI is InChI=1S/C7H14N2O.C7H8.CH5N.CH2O/c1-5(2)4-6(8)7(10)9-3;1-7-5-3-2-4-6-7;2*1-2/h5-6H,3-4,8H2,1-2H3;2-6H,1H3;2H2,1H3;1H2. The number of benzene rings is 1. The van der Waals surface area contributed by atoms with Crippen molar-refractivity contribution < 1.29 is 9.59 Å². The van der Waals surface area contributed by atoms with Crippen LogP contribution in [-0.2, 0) is 9.59 Å². The molecule has 0 radical (unpaired) electrons. The zero-order valence-electron chi connectivity index (χ0n) is 13.6. The highest BCUT2D eigenvalue weighted by atomic mass is 16.1. The van der Waals surface area contributed by atoms with Crippen molar-refractivity contribution in [3.63, 3.8) is 0 Å². The molecular weight excluding hydrogens is 266 g/mol. The van der Waals surface area contributed by atoms with E-state index in [4.69, 9.17) is 10.5 Å². The molecule has 21 heavy (non-hydrogen) atoms. The molecule has 0 saturated carbocycles. The molecule has 0 bridgehead atoms. The Bertz CT molecular complexity index is 354. The Balaban J connectivity index is -0.000000256. The number of amides is 1. The van der Waals surface area contributed by atoms with E-state index in [1.807, 2.05) is 38.8 Å². The second-order valence-electron chi connectivity index (χ2n) is 4.39. The Kier molecular flexibility index (Phi) is 20.9. The fourth-order valence-electron chi connectivity index (χ4n) is 1.26. The van der Waals surface area contributed by atoms with Crippen molar-refractivity contribution in [2.75, 3.05) is 7.05 Å². The van der Waals surface area contributed by atoms with Crippen molar-refractivity contribution in [3.8, 4) is 0 Å². The molecule has 0 spiro atoms. The number of nitrogens with two attached hydrogens (primary N) is 2. The molecule has 0 saturated heterocycles. The third-order valence-electron chi connectivity index (χ3n) is 2.14. The molecule has 0 fully saturated rings. The Labute approximate surface area is 128 Å². The van der Waals surface area contributed by atoms with Gasteiger partial charge in [-0.3, -0.25) is 4.79 Å². The van der Waals surface area contributed by atoms with Gasteiger partial charge in [-0.25, -0.2) is 4.99 Å². The number of carbonyl (C=O) groups excluding carboxylic acids is 2. The van der Waals surface area contributed by atoms with E-state index in [0.717, 1.165) is 0 Å². The SMILES string of the molecule is C=NC(=O)C(N)CC(C)C.C=O.CN.Cc1ccccc1. The Morgan fingerprint density at radius 1 is 1.19 bits per heavy atom. The minimum atomic E-state index is -0.461. The number of hydrogen-bond acceptors (Lipinski definition) is 4. The van der Waals surface area contributed by atoms with Gasteiger partial charge in [0, 0.05) is 0 Å². The van der Waals surface area contributed by atoms with E-state index in [2.05, 4.69) is 36.5 Å². The molecule has 1 aromatic carbocycles. The molecule has 0 aromatic heterocycles. The van der Waals surface area contributed by atoms with Crippen molar-refractivity contribution >= 4 is 19.4 Å². The predicted octanol–water partition coefficient (Wildman–Crippen LogP) is 1.97. The van der Waals surface area contributed by atoms with Crippen LogP contribution >= 0.6 is 0 Å². The summed E-state index contributed by atoms with van der Waals surface area (Å²) in [5.41, 5.74) is 11.3. The average molecular weight is 295 g/mol. The molecule has 0 aliphatic rings. The van der Waals surface area contributed by atoms with Gasteiger partial charge in [0.1, 0.15) is 6.79 Å². The molecular formula is C16H29N3O2. The number of aliphatic imine (C=N–C) groups is 1. The highest BCUT2D eigenvalue weighted by molar-refractivity contribution is 5.85. The smallest absolute Gasteiger partial charge is 0.261 e. The monoisotopic (exact) mass is 295 g/mol. The average Bonchev–Trinajstić information content (AvgIpc) is 2.51. The summed E-state index contributed by atoms with van der Waals surface area (Å²) in [5.74, 6) is 0.120. The first-order valence-electron chi connectivity index (χ1n) is 6.61. The number of carbonyl (C=O) groups is 2. The lowest BCUT2D eigenvalue weighted by atomic mass is 10.0. The fraction of sp³-hybridized carbons (Fsp3) is 0.438. The van der Waals surface area contributed by atoms with Crippen molar-refractivity contribution in [2.24, 2.45) is 22.4 Å². The molecule has 0 heterocycles. The maximum Gasteiger partial charge on any atom is 0.261 e. The Morgan fingerprint density at radius 3 is 1.86 bits per heavy atom. The van der Waals surface area contributed by atoms with E-state index in [-0.39, 0.29) is 5.91 Å². The van der Waals surface area contributed by atoms with Crippen LogP contribution in [0.4, 0.5) is 0 Å². The van der Waals surface area contributed by atoms with E-state index in [1.54, 1.807) is 0 Å². The summed E-state index contributed by atoms with van der Waals surface area (Å²) in [6.45, 7) is 11.2. The summed E-state index contributed by atoms with van der Waals surface area (Å²) >= 11 is 0. The van der Waals surface area contributed by atoms with Crippen LogP contribution in [0.15, 0.2) is 35.3 Å². The van der Waals surface area contributed by atoms with Crippen molar-refractivity contribution in [1.29, 1.82) is 0 Å². The highest BCUT2D eigenvalue weighted by Gasteiger charge is 2.12. The van der Waals surface area contributed by atoms with Gasteiger partial charge in [-0.2, -0.15) is 0 Å². The molecule has 1 atom stereocenters. The van der Waals surface area contributed by atoms with Gasteiger partial charge in [0.15, 0.2) is 0 Å². The van der Waals surface area contributed by atoms with Gasteiger partial charge in [0.2, 0.25) is 0 Å². The first-order valence-corrected chi connectivity index (χ1v) is 6.61. The third kappa shape index (κ3) is 18.1. The highest BCUT2D eigenvalue weighted by Crippen LogP contribution is 2.03. The molecule has 1 aromatic rings. The van der Waals surface area contributed by atoms with Crippen LogP contribution in [0.2, 0.25) is 0 Å². The second kappa shape index (κ2) is 18.1. The van der Waals surface area contributed by atoms with E-state index in [0.29, 0.717) is 12.3 Å². The van der Waals surface area contributed by atoms with Crippen LogP contribution in [0.3, 0.4) is 0 Å². The lowest BCUT2D eigenvalue weighted by molar-refractivity contribution is -0.119. The van der Waals surface area contributed by atoms with Gasteiger partial charge in [0.25, 0.3) is 5.91 Å². The number of rotatable bonds is 3. The van der Waals surface area contributed by atoms with Crippen LogP contribution in [0.1, 0.15) is 25.8 Å². The van der Waals surface area contributed by atoms with Gasteiger partial charge in [-0.1, -0.05) is 49.7 Å². The van der Waals surface area contributed by atoms with E-state index >= 15 is 0 Å². The van der Waals surface area contributed by atoms with Crippen LogP contribution in [0.5, 0.6) is 0 Å². The minimum absolute atomic E-state index is 0.311. The van der Waals surface area contributed by atoms with E-state index in [9.17, 15) is 4.79 Å². The zero-order chi connectivity index (χ0) is 17.3. The first-order chi connectivity index (χ1) is 9.97. The summed E-state index contributed by atoms with van der Waals surface area (Å²) < 4.78 is 0. The minimum Gasteiger partial charge on any atom is -0.333 e. The molecule has 4 N–H and O–H groups in total. The molecule has 5 heteroatoms. The Morgan fingerprint density at radius 2 is 1.62 bits per heavy atom. The molecule has 5 nitrogen and oxygen atoms in total. The molecule has 1 rings (SSSR count). The second-order valence-corrected chi connectivity index (χ2v) is 4.39. The quantitative estimate of drug-likeness (QED) is 0.833. The van der Waals surface area contributed by atoms with Gasteiger partial charge in [-0.15, -0.1) is 0 Å². The van der Waals surface area contributed by atoms with Crippen molar-refractivity contribution in [1.82, 2.24) is 0 Å². The first kappa shape index (κ1) is 24.2. The van der Waals surface area contributed by atoms with Crippen LogP contribution in [-0.4, -0.2) is 32.5 Å². The van der Waals surface area contributed by atoms with Crippen LogP contribution < -0.4 is 11.5 Å². The largest absolute Gasteiger partial charge is 0.333 e. The lowest BCUT2D eigenvalue weighted by Gasteiger charge is -2.08. The summed E-state index contributed by atoms with van der Waals surface area (Å²) in [7, 11) is 1.50. The zero-order valence-corrected chi connectivity index (χ0v) is 13.6.